The summed E-state index contributed by atoms with van der Waals surface area (Å²) in [6.45, 7) is 1.17. The van der Waals surface area contributed by atoms with Crippen molar-refractivity contribution < 1.29 is 29.0 Å². The third-order valence-electron chi connectivity index (χ3n) is 7.76. The molecule has 8 nitrogen and oxygen atoms in total. The van der Waals surface area contributed by atoms with Gasteiger partial charge in [-0.3, -0.25) is 9.59 Å². The highest BCUT2D eigenvalue weighted by atomic mass is 16.5. The number of hydrogen-bond acceptors (Lipinski definition) is 5. The van der Waals surface area contributed by atoms with Crippen LogP contribution < -0.4 is 14.8 Å². The Labute approximate surface area is 280 Å². The van der Waals surface area contributed by atoms with Crippen LogP contribution in [-0.4, -0.2) is 47.0 Å². The summed E-state index contributed by atoms with van der Waals surface area (Å²) in [6, 6.07) is 41.9. The topological polar surface area (TPSA) is 105 Å². The van der Waals surface area contributed by atoms with Crippen LogP contribution in [0.4, 0.5) is 0 Å². The Hall–Kier alpha value is -5.89. The standard InChI is InChI=1S/C40H38N2O6/c43-38(42(27-32-13-6-2-7-14-32)24-23-30-11-4-1-5-12-30)29-48-36-18-10-17-34(26-36)39(44)41-37(40(45)46)25-31-19-21-35(22-20-31)47-28-33-15-8-3-9-16-33/h1-22,26,37H,23-25,27-29H2,(H,41,44)(H,45,46). The molecule has 0 spiro atoms. The SMILES string of the molecule is O=C(NC(Cc1ccc(OCc2ccccc2)cc1)C(=O)O)c1cccc(OCC(=O)N(CCc2ccccc2)Cc2ccccc2)c1. The first-order valence-electron chi connectivity index (χ1n) is 15.8. The lowest BCUT2D eigenvalue weighted by molar-refractivity contribution is -0.139. The van der Waals surface area contributed by atoms with E-state index in [1.165, 1.54) is 6.07 Å². The lowest BCUT2D eigenvalue weighted by atomic mass is 10.1. The molecule has 0 aromatic heterocycles. The summed E-state index contributed by atoms with van der Waals surface area (Å²) < 4.78 is 11.7. The average molecular weight is 643 g/mol. The Balaban J connectivity index is 1.16. The maximum atomic E-state index is 13.3. The molecule has 5 aromatic carbocycles. The fourth-order valence-electron chi connectivity index (χ4n) is 5.11. The van der Waals surface area contributed by atoms with E-state index in [-0.39, 0.29) is 24.5 Å². The predicted molar refractivity (Wildman–Crippen MR) is 184 cm³/mol. The number of ether oxygens (including phenoxy) is 2. The van der Waals surface area contributed by atoms with Crippen molar-refractivity contribution in [1.82, 2.24) is 10.2 Å². The Morgan fingerprint density at radius 2 is 1.27 bits per heavy atom. The van der Waals surface area contributed by atoms with Gasteiger partial charge in [-0.2, -0.15) is 0 Å². The molecule has 1 unspecified atom stereocenters. The number of carboxylic acid groups (broad SMARTS) is 1. The summed E-state index contributed by atoms with van der Waals surface area (Å²) in [5.41, 5.74) is 4.14. The third-order valence-corrected chi connectivity index (χ3v) is 7.76. The van der Waals surface area contributed by atoms with Gasteiger partial charge in [0.2, 0.25) is 0 Å². The summed E-state index contributed by atoms with van der Waals surface area (Å²) in [5.74, 6) is -0.910. The van der Waals surface area contributed by atoms with E-state index >= 15 is 0 Å². The summed E-state index contributed by atoms with van der Waals surface area (Å²) in [5, 5.41) is 12.5. The highest BCUT2D eigenvalue weighted by Gasteiger charge is 2.22. The monoisotopic (exact) mass is 642 g/mol. The quantitative estimate of drug-likeness (QED) is 0.130. The predicted octanol–water partition coefficient (Wildman–Crippen LogP) is 6.34. The molecule has 5 aromatic rings. The third kappa shape index (κ3) is 10.3. The highest BCUT2D eigenvalue weighted by molar-refractivity contribution is 5.97. The summed E-state index contributed by atoms with van der Waals surface area (Å²) in [7, 11) is 0. The zero-order valence-electron chi connectivity index (χ0n) is 26.5. The molecular formula is C40H38N2O6. The minimum Gasteiger partial charge on any atom is -0.489 e. The molecule has 1 atom stereocenters. The van der Waals surface area contributed by atoms with Crippen LogP contribution in [0.1, 0.15) is 32.6 Å². The van der Waals surface area contributed by atoms with Crippen molar-refractivity contribution in [3.05, 3.63) is 167 Å². The van der Waals surface area contributed by atoms with Gasteiger partial charge in [0.05, 0.1) is 0 Å². The van der Waals surface area contributed by atoms with Gasteiger partial charge in [0.15, 0.2) is 6.61 Å². The Bertz CT molecular complexity index is 1760. The van der Waals surface area contributed by atoms with Crippen molar-refractivity contribution in [3.8, 4) is 11.5 Å². The highest BCUT2D eigenvalue weighted by Crippen LogP contribution is 2.18. The fourth-order valence-corrected chi connectivity index (χ4v) is 5.11. The second kappa shape index (κ2) is 17.1. The van der Waals surface area contributed by atoms with Crippen LogP contribution in [0, 0.1) is 0 Å². The van der Waals surface area contributed by atoms with E-state index in [4.69, 9.17) is 9.47 Å². The van der Waals surface area contributed by atoms with Crippen LogP contribution in [0.15, 0.2) is 140 Å². The van der Waals surface area contributed by atoms with Crippen molar-refractivity contribution in [3.63, 3.8) is 0 Å². The second-order valence-corrected chi connectivity index (χ2v) is 11.3. The van der Waals surface area contributed by atoms with Gasteiger partial charge < -0.3 is 24.8 Å². The van der Waals surface area contributed by atoms with E-state index in [2.05, 4.69) is 5.32 Å². The molecule has 2 amide bonds. The van der Waals surface area contributed by atoms with Crippen LogP contribution in [0.5, 0.6) is 11.5 Å². The van der Waals surface area contributed by atoms with Crippen molar-refractivity contribution in [2.24, 2.45) is 0 Å². The molecule has 0 bridgehead atoms. The van der Waals surface area contributed by atoms with E-state index in [9.17, 15) is 19.5 Å². The number of hydrogen-bond donors (Lipinski definition) is 2. The number of carboxylic acids is 1. The molecule has 0 aliphatic heterocycles. The molecule has 0 aliphatic rings. The second-order valence-electron chi connectivity index (χ2n) is 11.3. The largest absolute Gasteiger partial charge is 0.489 e. The Morgan fingerprint density at radius 1 is 0.646 bits per heavy atom. The van der Waals surface area contributed by atoms with Crippen LogP contribution in [0.2, 0.25) is 0 Å². The summed E-state index contributed by atoms with van der Waals surface area (Å²) in [6.07, 6.45) is 0.789. The fraction of sp³-hybridized carbons (Fsp3) is 0.175. The normalized spacial score (nSPS) is 11.2. The van der Waals surface area contributed by atoms with E-state index in [0.717, 1.165) is 22.3 Å². The number of rotatable bonds is 16. The van der Waals surface area contributed by atoms with Crippen LogP contribution in [-0.2, 0) is 35.6 Å². The molecule has 0 radical (unpaired) electrons. The maximum absolute atomic E-state index is 13.3. The van der Waals surface area contributed by atoms with E-state index in [1.807, 2.05) is 91.0 Å². The molecule has 0 aliphatic carbocycles. The summed E-state index contributed by atoms with van der Waals surface area (Å²) >= 11 is 0. The van der Waals surface area contributed by atoms with Gasteiger partial charge in [-0.25, -0.2) is 4.79 Å². The number of aliphatic carboxylic acids is 1. The van der Waals surface area contributed by atoms with Gasteiger partial charge in [-0.15, -0.1) is 0 Å². The number of amides is 2. The van der Waals surface area contributed by atoms with Crippen molar-refractivity contribution in [1.29, 1.82) is 0 Å². The number of carbonyl (C=O) groups excluding carboxylic acids is 2. The molecule has 48 heavy (non-hydrogen) atoms. The molecule has 244 valence electrons. The smallest absolute Gasteiger partial charge is 0.326 e. The minimum absolute atomic E-state index is 0.0883. The Morgan fingerprint density at radius 3 is 1.92 bits per heavy atom. The number of benzene rings is 5. The first-order valence-corrected chi connectivity index (χ1v) is 15.8. The minimum atomic E-state index is -1.16. The first-order chi connectivity index (χ1) is 23.4. The lowest BCUT2D eigenvalue weighted by Gasteiger charge is -2.23. The van der Waals surface area contributed by atoms with Crippen molar-refractivity contribution in [2.75, 3.05) is 13.2 Å². The van der Waals surface area contributed by atoms with Gasteiger partial charge in [0.25, 0.3) is 11.8 Å². The van der Waals surface area contributed by atoms with Crippen molar-refractivity contribution in [2.45, 2.75) is 32.0 Å². The maximum Gasteiger partial charge on any atom is 0.326 e. The molecule has 8 heteroatoms. The Kier molecular flexibility index (Phi) is 12.0. The van der Waals surface area contributed by atoms with Gasteiger partial charge in [-0.05, 0) is 59.0 Å². The molecule has 0 saturated heterocycles. The molecule has 5 rings (SSSR count). The van der Waals surface area contributed by atoms with Crippen LogP contribution in [0.25, 0.3) is 0 Å². The summed E-state index contributed by atoms with van der Waals surface area (Å²) in [4.78, 5) is 40.3. The van der Waals surface area contributed by atoms with E-state index in [1.54, 1.807) is 47.4 Å². The molecule has 0 saturated carbocycles. The van der Waals surface area contributed by atoms with Crippen LogP contribution in [0.3, 0.4) is 0 Å². The van der Waals surface area contributed by atoms with Crippen molar-refractivity contribution >= 4 is 17.8 Å². The van der Waals surface area contributed by atoms with Crippen LogP contribution >= 0.6 is 0 Å². The number of carbonyl (C=O) groups is 3. The molecular weight excluding hydrogens is 604 g/mol. The lowest BCUT2D eigenvalue weighted by Crippen LogP contribution is -2.42. The zero-order valence-corrected chi connectivity index (χ0v) is 26.5. The van der Waals surface area contributed by atoms with Gasteiger partial charge in [0.1, 0.15) is 24.1 Å². The number of nitrogens with zero attached hydrogens (tertiary/aromatic N) is 1. The van der Waals surface area contributed by atoms with Gasteiger partial charge in [-0.1, -0.05) is 109 Å². The van der Waals surface area contributed by atoms with E-state index in [0.29, 0.717) is 37.6 Å². The van der Waals surface area contributed by atoms with Gasteiger partial charge in [0, 0.05) is 25.1 Å². The number of nitrogens with one attached hydrogen (secondary N) is 1. The molecule has 0 fully saturated rings. The molecule has 2 N–H and O–H groups in total. The van der Waals surface area contributed by atoms with Gasteiger partial charge >= 0.3 is 5.97 Å². The molecule has 0 heterocycles. The zero-order chi connectivity index (χ0) is 33.6. The first kappa shape index (κ1) is 33.5. The average Bonchev–Trinajstić information content (AvgIpc) is 3.13. The van der Waals surface area contributed by atoms with E-state index < -0.39 is 17.9 Å².